The summed E-state index contributed by atoms with van der Waals surface area (Å²) < 4.78 is 1.97. The molecule has 0 saturated heterocycles. The summed E-state index contributed by atoms with van der Waals surface area (Å²) in [6.45, 7) is 0. The van der Waals surface area contributed by atoms with E-state index in [0.29, 0.717) is 13.4 Å². The van der Waals surface area contributed by atoms with Gasteiger partial charge < -0.3 is 0 Å². The summed E-state index contributed by atoms with van der Waals surface area (Å²) >= 11 is -4.00. The van der Waals surface area contributed by atoms with Crippen LogP contribution in [0.25, 0.3) is 0 Å². The number of hydrazine groups is 2. The summed E-state index contributed by atoms with van der Waals surface area (Å²) in [7, 11) is 0. The zero-order valence-corrected chi connectivity index (χ0v) is 15.3. The predicted octanol–water partition coefficient (Wildman–Crippen LogP) is 1.34. The average molecular weight is 416 g/mol. The molecule has 0 aliphatic heterocycles. The number of hydrogen-bond acceptors (Lipinski definition) is 4. The van der Waals surface area contributed by atoms with E-state index in [1.54, 1.807) is 91.0 Å². The molecule has 0 N–H and O–H groups in total. The van der Waals surface area contributed by atoms with Crippen molar-refractivity contribution in [1.29, 1.82) is 0 Å². The van der Waals surface area contributed by atoms with Crippen molar-refractivity contribution in [2.75, 3.05) is 0 Å². The molecular weight excluding hydrogens is 401 g/mol. The van der Waals surface area contributed by atoms with E-state index >= 15 is 0 Å². The zero-order chi connectivity index (χ0) is 18.6. The minimum atomic E-state index is -4.00. The normalized spacial score (nSPS) is 11.5. The van der Waals surface area contributed by atoms with E-state index in [4.69, 9.17) is 0 Å². The predicted molar refractivity (Wildman–Crippen MR) is 99.8 cm³/mol. The molecule has 26 heavy (non-hydrogen) atoms. The Bertz CT molecular complexity index is 797. The number of nitro groups is 2. The van der Waals surface area contributed by atoms with Gasteiger partial charge in [0.2, 0.25) is 0 Å². The van der Waals surface area contributed by atoms with Crippen molar-refractivity contribution < 1.29 is 10.1 Å². The fourth-order valence-corrected chi connectivity index (χ4v) is 10.0. The van der Waals surface area contributed by atoms with Gasteiger partial charge in [0, 0.05) is 0 Å². The number of hydrogen-bond donors (Lipinski definition) is 0. The third kappa shape index (κ3) is 2.92. The third-order valence-corrected chi connectivity index (χ3v) is 11.4. The molecule has 0 aromatic heterocycles. The summed E-state index contributed by atoms with van der Waals surface area (Å²) in [6.07, 6.45) is 0. The average Bonchev–Trinajstić information content (AvgIpc) is 2.67. The summed E-state index contributed by atoms with van der Waals surface area (Å²) in [5.74, 6) is 0. The Hall–Kier alpha value is -3.22. The van der Waals surface area contributed by atoms with Gasteiger partial charge in [0.05, 0.1) is 0 Å². The van der Waals surface area contributed by atoms with Crippen LogP contribution in [-0.2, 0) is 0 Å². The van der Waals surface area contributed by atoms with Crippen molar-refractivity contribution in [2.24, 2.45) is 0 Å². The summed E-state index contributed by atoms with van der Waals surface area (Å²) in [6, 6.07) is 26.1. The zero-order valence-electron chi connectivity index (χ0n) is 13.5. The van der Waals surface area contributed by atoms with E-state index in [1.807, 2.05) is 0 Å². The quantitative estimate of drug-likeness (QED) is 0.344. The van der Waals surface area contributed by atoms with Gasteiger partial charge in [-0.3, -0.25) is 0 Å². The Morgan fingerprint density at radius 1 is 0.577 bits per heavy atom. The maximum atomic E-state index is 11.8. The molecule has 0 radical (unpaired) electrons. The van der Waals surface area contributed by atoms with Crippen LogP contribution in [0.2, 0.25) is 0 Å². The second-order valence-electron chi connectivity index (χ2n) is 5.25. The van der Waals surface area contributed by atoms with E-state index in [1.165, 1.54) is 0 Å². The standard InChI is InChI=1S/C18H15N3O4Se/c22-20(23)19(21(24)25)26(16-10-4-1-5-11-16,17-12-6-2-7-13-17)18-14-8-3-9-15-18/h1-15H. The molecule has 0 spiro atoms. The van der Waals surface area contributed by atoms with Gasteiger partial charge in [-0.1, -0.05) is 0 Å². The molecule has 3 rings (SSSR count). The van der Waals surface area contributed by atoms with Crippen molar-refractivity contribution in [1.82, 2.24) is 4.13 Å². The molecule has 0 unspecified atom stereocenters. The molecule has 0 bridgehead atoms. The maximum absolute atomic E-state index is 11.8. The molecule has 0 heterocycles. The molecule has 0 aliphatic rings. The van der Waals surface area contributed by atoms with Crippen LogP contribution < -0.4 is 13.4 Å². The van der Waals surface area contributed by atoms with Crippen LogP contribution in [0.5, 0.6) is 0 Å². The van der Waals surface area contributed by atoms with E-state index < -0.39 is 23.1 Å². The number of rotatable bonds is 6. The van der Waals surface area contributed by atoms with E-state index in [9.17, 15) is 20.2 Å². The first-order valence-corrected chi connectivity index (χ1v) is 11.0. The monoisotopic (exact) mass is 417 g/mol. The van der Waals surface area contributed by atoms with Crippen LogP contribution >= 0.6 is 0 Å². The third-order valence-electron chi connectivity index (χ3n) is 3.78. The molecule has 0 aliphatic carbocycles. The summed E-state index contributed by atoms with van der Waals surface area (Å²) in [5.41, 5.74) is 0. The molecule has 8 heteroatoms. The van der Waals surface area contributed by atoms with Gasteiger partial charge in [0.25, 0.3) is 0 Å². The molecule has 132 valence electrons. The molecule has 0 fully saturated rings. The molecule has 0 saturated carbocycles. The first-order valence-electron chi connectivity index (χ1n) is 7.66. The van der Waals surface area contributed by atoms with Crippen LogP contribution in [0.4, 0.5) is 0 Å². The molecule has 0 amide bonds. The van der Waals surface area contributed by atoms with Gasteiger partial charge in [-0.05, 0) is 0 Å². The molecule has 7 nitrogen and oxygen atoms in total. The fourth-order valence-electron chi connectivity index (χ4n) is 2.80. The van der Waals surface area contributed by atoms with Gasteiger partial charge in [-0.15, -0.1) is 0 Å². The fraction of sp³-hybridized carbons (Fsp3) is 0. The second-order valence-corrected chi connectivity index (χ2v) is 11.3. The van der Waals surface area contributed by atoms with Crippen molar-refractivity contribution in [2.45, 2.75) is 0 Å². The van der Waals surface area contributed by atoms with Gasteiger partial charge in [-0.25, -0.2) is 0 Å². The van der Waals surface area contributed by atoms with E-state index in [-0.39, 0.29) is 4.13 Å². The number of benzene rings is 3. The van der Waals surface area contributed by atoms with Crippen molar-refractivity contribution in [3.8, 4) is 0 Å². The minimum absolute atomic E-state index is 0.233. The Balaban J connectivity index is 2.47. The topological polar surface area (TPSA) is 89.5 Å². The van der Waals surface area contributed by atoms with Crippen molar-refractivity contribution in [3.05, 3.63) is 111 Å². The Morgan fingerprint density at radius 3 is 1.08 bits per heavy atom. The SMILES string of the molecule is O=[N+]([O-])N([N+](=O)[O-])[Se](c1ccccc1)(c1ccccc1)c1ccccc1. The first kappa shape index (κ1) is 17.6. The van der Waals surface area contributed by atoms with Crippen LogP contribution in [0.1, 0.15) is 0 Å². The molecule has 3 aromatic rings. The Morgan fingerprint density at radius 2 is 0.846 bits per heavy atom. The van der Waals surface area contributed by atoms with Gasteiger partial charge in [0.15, 0.2) is 0 Å². The molecule has 0 atom stereocenters. The molecule has 3 aromatic carbocycles. The van der Waals surface area contributed by atoms with Crippen LogP contribution in [-0.4, -0.2) is 27.3 Å². The van der Waals surface area contributed by atoms with Crippen molar-refractivity contribution >= 4 is 26.4 Å². The van der Waals surface area contributed by atoms with Gasteiger partial charge in [0.1, 0.15) is 0 Å². The van der Waals surface area contributed by atoms with E-state index in [2.05, 4.69) is 0 Å². The van der Waals surface area contributed by atoms with Crippen LogP contribution in [0.15, 0.2) is 91.0 Å². The number of nitrogens with zero attached hydrogens (tertiary/aromatic N) is 3. The molecular formula is C18H15N3O4Se. The van der Waals surface area contributed by atoms with Gasteiger partial charge >= 0.3 is 152 Å². The van der Waals surface area contributed by atoms with Crippen LogP contribution in [0.3, 0.4) is 0 Å². The van der Waals surface area contributed by atoms with Crippen molar-refractivity contribution in [3.63, 3.8) is 0 Å². The van der Waals surface area contributed by atoms with Gasteiger partial charge in [-0.2, -0.15) is 0 Å². The van der Waals surface area contributed by atoms with E-state index in [0.717, 1.165) is 0 Å². The Labute approximate surface area is 152 Å². The summed E-state index contributed by atoms with van der Waals surface area (Å²) in [5, 5.41) is 21.9. The second kappa shape index (κ2) is 7.35. The van der Waals surface area contributed by atoms with Crippen LogP contribution in [0, 0.1) is 20.2 Å². The Kier molecular flexibility index (Phi) is 4.97. The summed E-state index contributed by atoms with van der Waals surface area (Å²) in [4.78, 5) is 23.7. The first-order chi connectivity index (χ1) is 12.6.